The van der Waals surface area contributed by atoms with Gasteiger partial charge in [-0.15, -0.1) is 0 Å². The fraction of sp³-hybridized carbons (Fsp3) is 0.316. The first-order chi connectivity index (χ1) is 12.3. The van der Waals surface area contributed by atoms with E-state index in [9.17, 15) is 4.79 Å². The molecule has 0 radical (unpaired) electrons. The number of benzene rings is 2. The molecule has 6 nitrogen and oxygen atoms in total. The lowest BCUT2D eigenvalue weighted by molar-refractivity contribution is 0.130. The van der Waals surface area contributed by atoms with Gasteiger partial charge in [0.05, 0.1) is 7.11 Å². The molecular formula is C19H15NO5. The number of methoxy groups -OCH3 is 1. The summed E-state index contributed by atoms with van der Waals surface area (Å²) in [6.07, 6.45) is 0.170. The SMILES string of the molecule is COc1c2c3c(c4c1OCO4)-c1ccccc1[C@@H]1OC(=O)N(CC2)[C@H]31. The Morgan fingerprint density at radius 3 is 2.92 bits per heavy atom. The van der Waals surface area contributed by atoms with Gasteiger partial charge in [0.25, 0.3) is 0 Å². The van der Waals surface area contributed by atoms with Crippen molar-refractivity contribution in [1.82, 2.24) is 4.90 Å². The van der Waals surface area contributed by atoms with E-state index in [4.69, 9.17) is 18.9 Å². The first-order valence-corrected chi connectivity index (χ1v) is 8.38. The molecular weight excluding hydrogens is 322 g/mol. The fourth-order valence-corrected chi connectivity index (χ4v) is 4.72. The highest BCUT2D eigenvalue weighted by molar-refractivity contribution is 5.89. The second kappa shape index (κ2) is 4.39. The second-order valence-corrected chi connectivity index (χ2v) is 6.65. The van der Waals surface area contributed by atoms with Gasteiger partial charge in [-0.05, 0) is 17.5 Å². The van der Waals surface area contributed by atoms with Crippen LogP contribution < -0.4 is 14.2 Å². The summed E-state index contributed by atoms with van der Waals surface area (Å²) >= 11 is 0. The van der Waals surface area contributed by atoms with Crippen LogP contribution in [0.2, 0.25) is 0 Å². The van der Waals surface area contributed by atoms with E-state index < -0.39 is 0 Å². The fourth-order valence-electron chi connectivity index (χ4n) is 4.72. The first kappa shape index (κ1) is 13.4. The number of carbonyl (C=O) groups excluding carboxylic acids is 1. The summed E-state index contributed by atoms with van der Waals surface area (Å²) in [5, 5.41) is 0. The summed E-state index contributed by atoms with van der Waals surface area (Å²) < 4.78 is 23.0. The highest BCUT2D eigenvalue weighted by atomic mass is 16.7. The Morgan fingerprint density at radius 2 is 2.04 bits per heavy atom. The van der Waals surface area contributed by atoms with Gasteiger partial charge >= 0.3 is 6.09 Å². The predicted molar refractivity (Wildman–Crippen MR) is 86.9 cm³/mol. The van der Waals surface area contributed by atoms with Crippen LogP contribution in [0.5, 0.6) is 17.2 Å². The van der Waals surface area contributed by atoms with Crippen LogP contribution in [0.4, 0.5) is 4.79 Å². The van der Waals surface area contributed by atoms with Crippen LogP contribution in [0.25, 0.3) is 11.1 Å². The Hall–Kier alpha value is -2.89. The van der Waals surface area contributed by atoms with Crippen LogP contribution >= 0.6 is 0 Å². The van der Waals surface area contributed by atoms with E-state index in [2.05, 4.69) is 6.07 Å². The van der Waals surface area contributed by atoms with Crippen molar-refractivity contribution in [3.63, 3.8) is 0 Å². The lowest BCUT2D eigenvalue weighted by atomic mass is 9.75. The lowest BCUT2D eigenvalue weighted by Crippen LogP contribution is -2.36. The number of hydrogen-bond donors (Lipinski definition) is 0. The van der Waals surface area contributed by atoms with Crippen molar-refractivity contribution >= 4 is 6.09 Å². The van der Waals surface area contributed by atoms with Crippen molar-refractivity contribution in [3.05, 3.63) is 41.0 Å². The van der Waals surface area contributed by atoms with Crippen LogP contribution in [-0.4, -0.2) is 31.4 Å². The van der Waals surface area contributed by atoms with Gasteiger partial charge in [-0.2, -0.15) is 0 Å². The van der Waals surface area contributed by atoms with E-state index in [0.29, 0.717) is 24.5 Å². The van der Waals surface area contributed by atoms with Crippen LogP contribution in [0, 0.1) is 0 Å². The number of ether oxygens (including phenoxy) is 4. The van der Waals surface area contributed by atoms with Gasteiger partial charge in [-0.1, -0.05) is 24.3 Å². The largest absolute Gasteiger partial charge is 0.492 e. The van der Waals surface area contributed by atoms with Gasteiger partial charge in [0.15, 0.2) is 17.6 Å². The molecule has 2 atom stereocenters. The van der Waals surface area contributed by atoms with E-state index in [-0.39, 0.29) is 25.0 Å². The molecule has 3 heterocycles. The van der Waals surface area contributed by atoms with E-state index in [1.165, 1.54) is 0 Å². The van der Waals surface area contributed by atoms with Crippen molar-refractivity contribution in [2.24, 2.45) is 0 Å². The summed E-state index contributed by atoms with van der Waals surface area (Å²) in [7, 11) is 1.65. The standard InChI is InChI=1S/C19H15NO5/c1-22-16-11-6-7-20-14-12(11)13(17-18(16)24-8-23-17)9-4-2-3-5-10(9)15(14)25-19(20)21/h2-5,14-15H,6-8H2,1H3/t14-,15+/m1/s1. The maximum absolute atomic E-state index is 12.4. The third-order valence-corrected chi connectivity index (χ3v) is 5.64. The van der Waals surface area contributed by atoms with Crippen molar-refractivity contribution < 1.29 is 23.7 Å². The minimum absolute atomic E-state index is 0.135. The van der Waals surface area contributed by atoms with Gasteiger partial charge in [-0.25, -0.2) is 4.79 Å². The summed E-state index contributed by atoms with van der Waals surface area (Å²) in [6.45, 7) is 0.793. The molecule has 6 heteroatoms. The molecule has 6 rings (SSSR count). The number of rotatable bonds is 1. The smallest absolute Gasteiger partial charge is 0.411 e. The average Bonchev–Trinajstić information content (AvgIpc) is 3.25. The summed E-state index contributed by atoms with van der Waals surface area (Å²) in [6, 6.07) is 7.92. The summed E-state index contributed by atoms with van der Waals surface area (Å²) in [5.74, 6) is 2.11. The molecule has 0 N–H and O–H groups in total. The van der Waals surface area contributed by atoms with E-state index in [0.717, 1.165) is 33.6 Å². The van der Waals surface area contributed by atoms with Crippen molar-refractivity contribution in [2.45, 2.75) is 18.6 Å². The molecule has 126 valence electrons. The molecule has 0 unspecified atom stereocenters. The predicted octanol–water partition coefficient (Wildman–Crippen LogP) is 3.20. The number of carbonyl (C=O) groups is 1. The van der Waals surface area contributed by atoms with Gasteiger partial charge in [0.1, 0.15) is 6.04 Å². The molecule has 0 bridgehead atoms. The summed E-state index contributed by atoms with van der Waals surface area (Å²) in [4.78, 5) is 14.3. The van der Waals surface area contributed by atoms with Crippen LogP contribution in [0.1, 0.15) is 28.8 Å². The monoisotopic (exact) mass is 337 g/mol. The minimum atomic E-state index is -0.291. The molecule has 0 saturated carbocycles. The topological polar surface area (TPSA) is 57.2 Å². The van der Waals surface area contributed by atoms with E-state index in [1.807, 2.05) is 23.1 Å². The number of hydrogen-bond acceptors (Lipinski definition) is 5. The summed E-state index contributed by atoms with van der Waals surface area (Å²) in [5.41, 5.74) is 5.26. The Kier molecular flexibility index (Phi) is 2.35. The average molecular weight is 337 g/mol. The van der Waals surface area contributed by atoms with Crippen LogP contribution in [-0.2, 0) is 11.2 Å². The van der Waals surface area contributed by atoms with E-state index in [1.54, 1.807) is 7.11 Å². The van der Waals surface area contributed by atoms with Gasteiger partial charge in [0.2, 0.25) is 12.5 Å². The molecule has 1 fully saturated rings. The third-order valence-electron chi connectivity index (χ3n) is 5.64. The highest BCUT2D eigenvalue weighted by Gasteiger charge is 2.53. The quantitative estimate of drug-likeness (QED) is 0.800. The molecule has 1 aliphatic carbocycles. The minimum Gasteiger partial charge on any atom is -0.492 e. The van der Waals surface area contributed by atoms with Gasteiger partial charge in [-0.3, -0.25) is 4.90 Å². The Bertz CT molecular complexity index is 953. The zero-order chi connectivity index (χ0) is 16.7. The zero-order valence-corrected chi connectivity index (χ0v) is 13.6. The van der Waals surface area contributed by atoms with Crippen LogP contribution in [0.15, 0.2) is 24.3 Å². The van der Waals surface area contributed by atoms with Crippen molar-refractivity contribution in [3.8, 4) is 28.4 Å². The Labute approximate surface area is 143 Å². The lowest BCUT2D eigenvalue weighted by Gasteiger charge is -2.38. The number of nitrogens with zero attached hydrogens (tertiary/aromatic N) is 1. The number of amides is 1. The van der Waals surface area contributed by atoms with E-state index >= 15 is 0 Å². The zero-order valence-electron chi connectivity index (χ0n) is 13.6. The van der Waals surface area contributed by atoms with Gasteiger partial charge in [0, 0.05) is 23.2 Å². The molecule has 0 spiro atoms. The first-order valence-electron chi connectivity index (χ1n) is 8.38. The Morgan fingerprint density at radius 1 is 1.20 bits per heavy atom. The molecule has 1 saturated heterocycles. The molecule has 4 aliphatic rings. The van der Waals surface area contributed by atoms with Crippen molar-refractivity contribution in [1.29, 1.82) is 0 Å². The number of fused-ring (bicyclic) bond motifs is 5. The van der Waals surface area contributed by atoms with Crippen molar-refractivity contribution in [2.75, 3.05) is 20.4 Å². The molecule has 25 heavy (non-hydrogen) atoms. The Balaban J connectivity index is 1.78. The van der Waals surface area contributed by atoms with Crippen LogP contribution in [0.3, 0.4) is 0 Å². The normalized spacial score (nSPS) is 23.9. The molecule has 1 amide bonds. The maximum atomic E-state index is 12.4. The molecule has 0 aromatic heterocycles. The highest BCUT2D eigenvalue weighted by Crippen LogP contribution is 2.62. The second-order valence-electron chi connectivity index (χ2n) is 6.65. The van der Waals surface area contributed by atoms with Gasteiger partial charge < -0.3 is 18.9 Å². The molecule has 2 aromatic carbocycles. The molecule has 2 aromatic rings. The molecule has 3 aliphatic heterocycles. The maximum Gasteiger partial charge on any atom is 0.411 e. The third kappa shape index (κ3) is 1.44.